The summed E-state index contributed by atoms with van der Waals surface area (Å²) < 4.78 is 19.2. The van der Waals surface area contributed by atoms with Gasteiger partial charge in [0.15, 0.2) is 0 Å². The summed E-state index contributed by atoms with van der Waals surface area (Å²) in [4.78, 5) is 30.4. The molecule has 8 heteroatoms. The number of hydrogen-bond acceptors (Lipinski definition) is 6. The number of anilines is 2. The summed E-state index contributed by atoms with van der Waals surface area (Å²) in [7, 11) is 1.43. The van der Waals surface area contributed by atoms with Crippen LogP contribution in [0.5, 0.6) is 5.75 Å². The number of pyridine rings is 1. The smallest absolute Gasteiger partial charge is 0.219 e. The molecule has 2 heterocycles. The number of rotatable bonds is 5. The molecule has 0 unspecified atom stereocenters. The first-order valence-corrected chi connectivity index (χ1v) is 9.47. The average molecular weight is 400 g/mol. The second kappa shape index (κ2) is 8.46. The third kappa shape index (κ3) is 4.47. The lowest BCUT2D eigenvalue weighted by Gasteiger charge is -2.32. The molecule has 0 spiro atoms. The molecule has 1 aliphatic heterocycles. The highest BCUT2D eigenvalue weighted by atomic mass is 19.1. The third-order valence-electron chi connectivity index (χ3n) is 5.19. The van der Waals surface area contributed by atoms with E-state index in [1.807, 2.05) is 4.90 Å². The van der Waals surface area contributed by atoms with Gasteiger partial charge in [-0.1, -0.05) is 0 Å². The first-order chi connectivity index (χ1) is 13.8. The third-order valence-corrected chi connectivity index (χ3v) is 5.19. The molecule has 2 aromatic rings. The van der Waals surface area contributed by atoms with Crippen molar-refractivity contribution in [1.82, 2.24) is 9.88 Å². The normalized spacial score (nSPS) is 14.6. The summed E-state index contributed by atoms with van der Waals surface area (Å²) in [6.45, 7) is 4.56. The molecule has 0 aliphatic carbocycles. The van der Waals surface area contributed by atoms with Crippen LogP contribution in [0.1, 0.15) is 41.3 Å². The number of carbonyl (C=O) groups excluding carboxylic acids is 2. The molecule has 1 aliphatic rings. The lowest BCUT2D eigenvalue weighted by molar-refractivity contribution is -0.129. The van der Waals surface area contributed by atoms with E-state index in [1.54, 1.807) is 26.0 Å². The van der Waals surface area contributed by atoms with E-state index >= 15 is 0 Å². The van der Waals surface area contributed by atoms with Crippen LogP contribution >= 0.6 is 0 Å². The van der Waals surface area contributed by atoms with Gasteiger partial charge < -0.3 is 20.7 Å². The number of aromatic nitrogens is 1. The Morgan fingerprint density at radius 2 is 1.93 bits per heavy atom. The summed E-state index contributed by atoms with van der Waals surface area (Å²) in [5, 5.41) is 3.30. The number of halogens is 1. The maximum Gasteiger partial charge on any atom is 0.219 e. The molecule has 0 saturated carbocycles. The molecular weight excluding hydrogens is 375 g/mol. The quantitative estimate of drug-likeness (QED) is 0.749. The van der Waals surface area contributed by atoms with Crippen molar-refractivity contribution in [2.75, 3.05) is 31.2 Å². The van der Waals surface area contributed by atoms with Crippen LogP contribution in [-0.4, -0.2) is 47.8 Å². The molecule has 29 heavy (non-hydrogen) atoms. The number of ketones is 1. The number of piperidine rings is 1. The maximum absolute atomic E-state index is 14.0. The van der Waals surface area contributed by atoms with Crippen molar-refractivity contribution in [3.63, 3.8) is 0 Å². The minimum Gasteiger partial charge on any atom is -0.496 e. The highest BCUT2D eigenvalue weighted by Gasteiger charge is 2.23. The number of carbonyl (C=O) groups is 2. The number of nitrogens with two attached hydrogens (primary N) is 1. The van der Waals surface area contributed by atoms with Gasteiger partial charge in [0.25, 0.3) is 0 Å². The number of ether oxygens (including phenoxy) is 1. The zero-order valence-electron chi connectivity index (χ0n) is 16.8. The van der Waals surface area contributed by atoms with Crippen LogP contribution in [0.4, 0.5) is 16.0 Å². The van der Waals surface area contributed by atoms with Gasteiger partial charge in [-0.25, -0.2) is 9.37 Å². The molecule has 154 valence electrons. The molecule has 1 amide bonds. The number of hydrogen-bond donors (Lipinski definition) is 2. The molecule has 1 aromatic heterocycles. The average Bonchev–Trinajstić information content (AvgIpc) is 2.69. The minimum absolute atomic E-state index is 0.0595. The van der Waals surface area contributed by atoms with Gasteiger partial charge in [0.05, 0.1) is 18.2 Å². The van der Waals surface area contributed by atoms with Crippen molar-refractivity contribution in [3.05, 3.63) is 46.8 Å². The largest absolute Gasteiger partial charge is 0.496 e. The van der Waals surface area contributed by atoms with Crippen LogP contribution in [0, 0.1) is 12.7 Å². The predicted molar refractivity (Wildman–Crippen MR) is 109 cm³/mol. The van der Waals surface area contributed by atoms with Gasteiger partial charge in [0.1, 0.15) is 23.2 Å². The number of nitrogen functional groups attached to an aromatic ring is 1. The summed E-state index contributed by atoms with van der Waals surface area (Å²) in [5.74, 6) is 0.0407. The molecule has 7 nitrogen and oxygen atoms in total. The number of likely N-dealkylation sites (tertiary alicyclic amines) is 1. The van der Waals surface area contributed by atoms with Crippen molar-refractivity contribution in [3.8, 4) is 5.75 Å². The lowest BCUT2D eigenvalue weighted by atomic mass is 10.0. The van der Waals surface area contributed by atoms with E-state index in [1.165, 1.54) is 13.2 Å². The molecule has 0 radical (unpaired) electrons. The van der Waals surface area contributed by atoms with Gasteiger partial charge >= 0.3 is 0 Å². The second-order valence-electron chi connectivity index (χ2n) is 7.18. The van der Waals surface area contributed by atoms with Crippen molar-refractivity contribution >= 4 is 23.3 Å². The van der Waals surface area contributed by atoms with E-state index in [4.69, 9.17) is 10.5 Å². The van der Waals surface area contributed by atoms with Crippen molar-refractivity contribution in [1.29, 1.82) is 0 Å². The van der Waals surface area contributed by atoms with Gasteiger partial charge in [0, 0.05) is 26.1 Å². The molecular formula is C21H25FN4O3. The number of benzene rings is 1. The van der Waals surface area contributed by atoms with Crippen LogP contribution in [-0.2, 0) is 4.79 Å². The van der Waals surface area contributed by atoms with Gasteiger partial charge in [-0.2, -0.15) is 0 Å². The Balaban J connectivity index is 1.76. The molecule has 0 bridgehead atoms. The zero-order chi connectivity index (χ0) is 21.1. The van der Waals surface area contributed by atoms with E-state index in [0.29, 0.717) is 24.5 Å². The number of methoxy groups -OCH3 is 1. The zero-order valence-corrected chi connectivity index (χ0v) is 16.8. The highest BCUT2D eigenvalue weighted by Crippen LogP contribution is 2.27. The molecule has 3 N–H and O–H groups in total. The molecule has 3 rings (SSSR count). The van der Waals surface area contributed by atoms with Gasteiger partial charge in [0.2, 0.25) is 11.7 Å². The van der Waals surface area contributed by atoms with Crippen molar-refractivity contribution < 1.29 is 18.7 Å². The highest BCUT2D eigenvalue weighted by molar-refractivity contribution is 6.13. The summed E-state index contributed by atoms with van der Waals surface area (Å²) >= 11 is 0. The standard InChI is InChI=1S/C21H25FN4O3/c1-12-10-18(29-3)16(11-17(12)22)20(28)15-4-5-19(25-21(15)23)24-14-6-8-26(9-7-14)13(2)27/h4-5,10-11,14H,6-9H2,1-3H3,(H3,23,24,25). The van der Waals surface area contributed by atoms with E-state index in [2.05, 4.69) is 10.3 Å². The van der Waals surface area contributed by atoms with E-state index in [9.17, 15) is 14.0 Å². The number of amides is 1. The van der Waals surface area contributed by atoms with Crippen LogP contribution in [0.25, 0.3) is 0 Å². The fraction of sp³-hybridized carbons (Fsp3) is 0.381. The Hall–Kier alpha value is -3.16. The number of nitrogens with zero attached hydrogens (tertiary/aromatic N) is 2. The Labute approximate surface area is 169 Å². The van der Waals surface area contributed by atoms with Gasteiger partial charge in [-0.05, 0) is 49.6 Å². The van der Waals surface area contributed by atoms with Crippen molar-refractivity contribution in [2.45, 2.75) is 32.7 Å². The summed E-state index contributed by atoms with van der Waals surface area (Å²) in [6, 6.07) is 6.07. The Morgan fingerprint density at radius 1 is 1.24 bits per heavy atom. The van der Waals surface area contributed by atoms with Crippen molar-refractivity contribution in [2.24, 2.45) is 0 Å². The van der Waals surface area contributed by atoms with Gasteiger partial charge in [-0.3, -0.25) is 9.59 Å². The van der Waals surface area contributed by atoms with Crippen LogP contribution in [0.3, 0.4) is 0 Å². The summed E-state index contributed by atoms with van der Waals surface area (Å²) in [6.07, 6.45) is 1.61. The predicted octanol–water partition coefficient (Wildman–Crippen LogP) is 2.77. The first kappa shape index (κ1) is 20.6. The fourth-order valence-electron chi connectivity index (χ4n) is 3.44. The van der Waals surface area contributed by atoms with Crippen LogP contribution in [0.15, 0.2) is 24.3 Å². The Morgan fingerprint density at radius 3 is 2.52 bits per heavy atom. The molecule has 0 atom stereocenters. The maximum atomic E-state index is 14.0. The Kier molecular flexibility index (Phi) is 6.00. The topological polar surface area (TPSA) is 97.5 Å². The number of aryl methyl sites for hydroxylation is 1. The monoisotopic (exact) mass is 400 g/mol. The van der Waals surface area contributed by atoms with E-state index in [-0.39, 0.29) is 34.6 Å². The summed E-state index contributed by atoms with van der Waals surface area (Å²) in [5.41, 5.74) is 6.70. The van der Waals surface area contributed by atoms with Gasteiger partial charge in [-0.15, -0.1) is 0 Å². The molecule has 1 saturated heterocycles. The van der Waals surface area contributed by atoms with E-state index in [0.717, 1.165) is 18.9 Å². The lowest BCUT2D eigenvalue weighted by Crippen LogP contribution is -2.41. The molecule has 1 fully saturated rings. The van der Waals surface area contributed by atoms with Crippen LogP contribution < -0.4 is 15.8 Å². The van der Waals surface area contributed by atoms with Crippen LogP contribution in [0.2, 0.25) is 0 Å². The van der Waals surface area contributed by atoms with E-state index < -0.39 is 11.6 Å². The first-order valence-electron chi connectivity index (χ1n) is 9.47. The second-order valence-corrected chi connectivity index (χ2v) is 7.18. The number of nitrogens with one attached hydrogen (secondary N) is 1. The minimum atomic E-state index is -0.490. The SMILES string of the molecule is COc1cc(C)c(F)cc1C(=O)c1ccc(NC2CCN(C(C)=O)CC2)nc1N. The molecule has 1 aromatic carbocycles. The fourth-order valence-corrected chi connectivity index (χ4v) is 3.44. The Bertz CT molecular complexity index is 940.